The summed E-state index contributed by atoms with van der Waals surface area (Å²) in [4.78, 5) is 40.4. The van der Waals surface area contributed by atoms with Crippen LogP contribution in [0.2, 0.25) is 0 Å². The van der Waals surface area contributed by atoms with Gasteiger partial charge < -0.3 is 19.5 Å². The second-order valence-electron chi connectivity index (χ2n) is 6.90. The monoisotopic (exact) mass is 367 g/mol. The number of hydrogen-bond donors (Lipinski definition) is 1. The van der Waals surface area contributed by atoms with Gasteiger partial charge in [0, 0.05) is 43.3 Å². The zero-order valence-electron chi connectivity index (χ0n) is 14.9. The molecule has 1 aromatic carbocycles. The van der Waals surface area contributed by atoms with E-state index in [4.69, 9.17) is 4.42 Å². The molecule has 0 atom stereocenters. The maximum absolute atomic E-state index is 12.7. The van der Waals surface area contributed by atoms with Crippen molar-refractivity contribution in [2.24, 2.45) is 5.92 Å². The molecule has 1 aliphatic heterocycles. The van der Waals surface area contributed by atoms with E-state index in [0.717, 1.165) is 12.8 Å². The first-order chi connectivity index (χ1) is 13.1. The average molecular weight is 367 g/mol. The molecule has 1 N–H and O–H groups in total. The first kappa shape index (κ1) is 17.3. The van der Waals surface area contributed by atoms with Gasteiger partial charge in [0.15, 0.2) is 5.76 Å². The highest BCUT2D eigenvalue weighted by Gasteiger charge is 2.35. The summed E-state index contributed by atoms with van der Waals surface area (Å²) in [6.07, 6.45) is 3.44. The molecule has 1 saturated heterocycles. The SMILES string of the molecule is O=C(Nc1ccc(C(=O)N2CCN(C(=O)C3CC3)CC2)cc1)c1ccco1. The normalized spacial score (nSPS) is 16.9. The number of hydrogen-bond acceptors (Lipinski definition) is 4. The van der Waals surface area contributed by atoms with Gasteiger partial charge in [-0.2, -0.15) is 0 Å². The topological polar surface area (TPSA) is 82.9 Å². The van der Waals surface area contributed by atoms with Crippen LogP contribution in [0.1, 0.15) is 33.8 Å². The summed E-state index contributed by atoms with van der Waals surface area (Å²) in [5.41, 5.74) is 1.15. The van der Waals surface area contributed by atoms with Gasteiger partial charge in [0.1, 0.15) is 0 Å². The fourth-order valence-electron chi connectivity index (χ4n) is 3.20. The van der Waals surface area contributed by atoms with Gasteiger partial charge in [-0.3, -0.25) is 14.4 Å². The van der Waals surface area contributed by atoms with Crippen LogP contribution in [0.5, 0.6) is 0 Å². The number of furan rings is 1. The summed E-state index contributed by atoms with van der Waals surface area (Å²) in [5, 5.41) is 2.72. The standard InChI is InChI=1S/C20H21N3O4/c24-18(17-2-1-13-27-17)21-16-7-5-15(6-8-16)20(26)23-11-9-22(10-12-23)19(25)14-3-4-14/h1-2,5-8,13-14H,3-4,9-12H2,(H,21,24). The predicted molar refractivity (Wildman–Crippen MR) is 98.3 cm³/mol. The van der Waals surface area contributed by atoms with Crippen molar-refractivity contribution in [1.82, 2.24) is 9.80 Å². The fourth-order valence-corrected chi connectivity index (χ4v) is 3.20. The third-order valence-corrected chi connectivity index (χ3v) is 4.94. The van der Waals surface area contributed by atoms with E-state index in [1.54, 1.807) is 41.3 Å². The maximum Gasteiger partial charge on any atom is 0.291 e. The first-order valence-corrected chi connectivity index (χ1v) is 9.15. The quantitative estimate of drug-likeness (QED) is 0.898. The van der Waals surface area contributed by atoms with Crippen LogP contribution in [0.4, 0.5) is 5.69 Å². The lowest BCUT2D eigenvalue weighted by Crippen LogP contribution is -2.51. The van der Waals surface area contributed by atoms with E-state index in [1.807, 2.05) is 4.90 Å². The van der Waals surface area contributed by atoms with Crippen molar-refractivity contribution < 1.29 is 18.8 Å². The van der Waals surface area contributed by atoms with Crippen molar-refractivity contribution in [2.75, 3.05) is 31.5 Å². The maximum atomic E-state index is 12.7. The molecule has 0 radical (unpaired) electrons. The zero-order valence-corrected chi connectivity index (χ0v) is 14.9. The molecule has 1 aliphatic carbocycles. The highest BCUT2D eigenvalue weighted by atomic mass is 16.3. The van der Waals surface area contributed by atoms with Gasteiger partial charge in [-0.05, 0) is 49.2 Å². The molecular formula is C20H21N3O4. The Kier molecular flexibility index (Phi) is 4.66. The van der Waals surface area contributed by atoms with Crippen molar-refractivity contribution >= 4 is 23.4 Å². The summed E-state index contributed by atoms with van der Waals surface area (Å²) < 4.78 is 5.05. The van der Waals surface area contributed by atoms with Crippen molar-refractivity contribution in [3.05, 3.63) is 54.0 Å². The van der Waals surface area contributed by atoms with Crippen LogP contribution in [-0.2, 0) is 4.79 Å². The van der Waals surface area contributed by atoms with Crippen LogP contribution in [0.25, 0.3) is 0 Å². The molecule has 7 nitrogen and oxygen atoms in total. The molecular weight excluding hydrogens is 346 g/mol. The molecule has 0 spiro atoms. The van der Waals surface area contributed by atoms with E-state index in [2.05, 4.69) is 5.32 Å². The largest absolute Gasteiger partial charge is 0.459 e. The van der Waals surface area contributed by atoms with Crippen LogP contribution in [0, 0.1) is 5.92 Å². The average Bonchev–Trinajstić information content (AvgIpc) is 3.41. The molecule has 4 rings (SSSR count). The minimum absolute atomic E-state index is 0.0579. The number of nitrogens with zero attached hydrogens (tertiary/aromatic N) is 2. The number of amides is 3. The van der Waals surface area contributed by atoms with Gasteiger partial charge in [0.05, 0.1) is 6.26 Å². The van der Waals surface area contributed by atoms with Gasteiger partial charge in [0.2, 0.25) is 5.91 Å². The molecule has 7 heteroatoms. The molecule has 1 aromatic heterocycles. The summed E-state index contributed by atoms with van der Waals surface area (Å²) in [6, 6.07) is 10.0. The van der Waals surface area contributed by atoms with Gasteiger partial charge in [-0.25, -0.2) is 0 Å². The summed E-state index contributed by atoms with van der Waals surface area (Å²) in [6.45, 7) is 2.29. The number of carbonyl (C=O) groups is 3. The van der Waals surface area contributed by atoms with Crippen molar-refractivity contribution in [1.29, 1.82) is 0 Å². The highest BCUT2D eigenvalue weighted by molar-refractivity contribution is 6.02. The lowest BCUT2D eigenvalue weighted by atomic mass is 10.1. The van der Waals surface area contributed by atoms with Crippen LogP contribution in [0.3, 0.4) is 0 Å². The van der Waals surface area contributed by atoms with Gasteiger partial charge in [0.25, 0.3) is 11.8 Å². The molecule has 2 aliphatic rings. The second kappa shape index (κ2) is 7.26. The van der Waals surface area contributed by atoms with E-state index >= 15 is 0 Å². The second-order valence-corrected chi connectivity index (χ2v) is 6.90. The fraction of sp³-hybridized carbons (Fsp3) is 0.350. The van der Waals surface area contributed by atoms with Crippen LogP contribution < -0.4 is 5.32 Å². The minimum Gasteiger partial charge on any atom is -0.459 e. The Balaban J connectivity index is 1.32. The summed E-state index contributed by atoms with van der Waals surface area (Å²) in [7, 11) is 0. The zero-order chi connectivity index (χ0) is 18.8. The van der Waals surface area contributed by atoms with Crippen LogP contribution in [0.15, 0.2) is 47.1 Å². The summed E-state index contributed by atoms with van der Waals surface area (Å²) >= 11 is 0. The Labute approximate surface area is 156 Å². The number of nitrogens with one attached hydrogen (secondary N) is 1. The van der Waals surface area contributed by atoms with Crippen molar-refractivity contribution in [3.63, 3.8) is 0 Å². The minimum atomic E-state index is -0.337. The van der Waals surface area contributed by atoms with Gasteiger partial charge >= 0.3 is 0 Å². The van der Waals surface area contributed by atoms with E-state index in [1.165, 1.54) is 6.26 Å². The molecule has 3 amide bonds. The molecule has 27 heavy (non-hydrogen) atoms. The Morgan fingerprint density at radius 3 is 2.19 bits per heavy atom. The Morgan fingerprint density at radius 2 is 1.59 bits per heavy atom. The lowest BCUT2D eigenvalue weighted by Gasteiger charge is -2.35. The molecule has 140 valence electrons. The molecule has 2 aromatic rings. The summed E-state index contributed by atoms with van der Waals surface area (Å²) in [5.74, 6) is 0.289. The lowest BCUT2D eigenvalue weighted by molar-refractivity contribution is -0.134. The van der Waals surface area contributed by atoms with Crippen LogP contribution in [-0.4, -0.2) is 53.7 Å². The van der Waals surface area contributed by atoms with E-state index in [-0.39, 0.29) is 29.4 Å². The Morgan fingerprint density at radius 1 is 0.926 bits per heavy atom. The van der Waals surface area contributed by atoms with Crippen molar-refractivity contribution in [3.8, 4) is 0 Å². The Hall–Kier alpha value is -3.09. The number of anilines is 1. The molecule has 0 unspecified atom stereocenters. The molecule has 2 fully saturated rings. The number of rotatable bonds is 4. The van der Waals surface area contributed by atoms with E-state index in [9.17, 15) is 14.4 Å². The van der Waals surface area contributed by atoms with Gasteiger partial charge in [-0.1, -0.05) is 0 Å². The molecule has 1 saturated carbocycles. The molecule has 2 heterocycles. The number of benzene rings is 1. The van der Waals surface area contributed by atoms with Gasteiger partial charge in [-0.15, -0.1) is 0 Å². The Bertz CT molecular complexity index is 833. The van der Waals surface area contributed by atoms with Crippen LogP contribution >= 0.6 is 0 Å². The third kappa shape index (κ3) is 3.86. The van der Waals surface area contributed by atoms with E-state index in [0.29, 0.717) is 37.4 Å². The smallest absolute Gasteiger partial charge is 0.291 e. The predicted octanol–water partition coefficient (Wildman–Crippen LogP) is 2.23. The molecule has 0 bridgehead atoms. The third-order valence-electron chi connectivity index (χ3n) is 4.94. The first-order valence-electron chi connectivity index (χ1n) is 9.15. The highest BCUT2D eigenvalue weighted by Crippen LogP contribution is 2.31. The van der Waals surface area contributed by atoms with Crippen molar-refractivity contribution in [2.45, 2.75) is 12.8 Å². The number of carbonyl (C=O) groups excluding carboxylic acids is 3. The van der Waals surface area contributed by atoms with E-state index < -0.39 is 0 Å². The number of piperazine rings is 1.